The lowest BCUT2D eigenvalue weighted by Crippen LogP contribution is -2.38. The molecule has 0 aliphatic carbocycles. The first-order valence-corrected chi connectivity index (χ1v) is 9.12. The molecule has 0 saturated carbocycles. The Labute approximate surface area is 156 Å². The van der Waals surface area contributed by atoms with E-state index in [4.69, 9.17) is 9.26 Å². The van der Waals surface area contributed by atoms with E-state index < -0.39 is 5.97 Å². The predicted octanol–water partition coefficient (Wildman–Crippen LogP) is 3.66. The lowest BCUT2D eigenvalue weighted by atomic mass is 10.1. The summed E-state index contributed by atoms with van der Waals surface area (Å²) in [7, 11) is 0. The summed E-state index contributed by atoms with van der Waals surface area (Å²) < 4.78 is 10.7. The number of benzene rings is 2. The Morgan fingerprint density at radius 2 is 1.81 bits per heavy atom. The maximum absolute atomic E-state index is 12.4. The number of carbonyl (C=O) groups is 2. The highest BCUT2D eigenvalue weighted by molar-refractivity contribution is 5.99. The van der Waals surface area contributed by atoms with E-state index in [1.165, 1.54) is 0 Å². The fourth-order valence-electron chi connectivity index (χ4n) is 3.31. The van der Waals surface area contributed by atoms with Gasteiger partial charge in [0.15, 0.2) is 12.4 Å². The third-order valence-corrected chi connectivity index (χ3v) is 4.78. The molecule has 0 spiro atoms. The largest absolute Gasteiger partial charge is 0.452 e. The van der Waals surface area contributed by atoms with Crippen LogP contribution in [0, 0.1) is 0 Å². The van der Waals surface area contributed by atoms with Gasteiger partial charge in [0.1, 0.15) is 5.52 Å². The van der Waals surface area contributed by atoms with Gasteiger partial charge in [0.2, 0.25) is 0 Å². The van der Waals surface area contributed by atoms with Gasteiger partial charge in [0.05, 0.1) is 10.9 Å². The monoisotopic (exact) mass is 364 g/mol. The van der Waals surface area contributed by atoms with Gasteiger partial charge in [-0.3, -0.25) is 4.79 Å². The molecule has 1 fully saturated rings. The zero-order valence-electron chi connectivity index (χ0n) is 14.9. The molecule has 1 saturated heterocycles. The molecule has 0 radical (unpaired) electrons. The van der Waals surface area contributed by atoms with Crippen LogP contribution in [0.5, 0.6) is 0 Å². The number of piperidine rings is 1. The second-order valence-corrected chi connectivity index (χ2v) is 6.63. The molecule has 2 heterocycles. The number of esters is 1. The van der Waals surface area contributed by atoms with Crippen LogP contribution in [0.2, 0.25) is 0 Å². The number of ether oxygens (including phenoxy) is 1. The number of likely N-dealkylation sites (tertiary alicyclic amines) is 1. The lowest BCUT2D eigenvalue weighted by molar-refractivity contribution is -0.135. The van der Waals surface area contributed by atoms with Crippen LogP contribution in [-0.2, 0) is 9.53 Å². The number of amides is 1. The van der Waals surface area contributed by atoms with Crippen molar-refractivity contribution in [2.75, 3.05) is 19.7 Å². The predicted molar refractivity (Wildman–Crippen MR) is 100 cm³/mol. The van der Waals surface area contributed by atoms with E-state index in [9.17, 15) is 9.59 Å². The van der Waals surface area contributed by atoms with Gasteiger partial charge in [0, 0.05) is 18.7 Å². The van der Waals surface area contributed by atoms with Crippen LogP contribution in [0.3, 0.4) is 0 Å². The average Bonchev–Trinajstić information content (AvgIpc) is 3.16. The Morgan fingerprint density at radius 1 is 1.04 bits per heavy atom. The minimum absolute atomic E-state index is 0.140. The van der Waals surface area contributed by atoms with E-state index in [1.54, 1.807) is 23.1 Å². The first-order chi connectivity index (χ1) is 13.2. The van der Waals surface area contributed by atoms with Crippen LogP contribution in [0.25, 0.3) is 22.2 Å². The topological polar surface area (TPSA) is 72.6 Å². The molecule has 0 atom stereocenters. The van der Waals surface area contributed by atoms with Gasteiger partial charge in [-0.25, -0.2) is 4.79 Å². The third-order valence-electron chi connectivity index (χ3n) is 4.78. The molecule has 1 aromatic heterocycles. The van der Waals surface area contributed by atoms with Gasteiger partial charge in [-0.2, -0.15) is 0 Å². The van der Waals surface area contributed by atoms with Gasteiger partial charge < -0.3 is 14.2 Å². The molecule has 4 rings (SSSR count). The van der Waals surface area contributed by atoms with E-state index in [-0.39, 0.29) is 12.5 Å². The number of hydrogen-bond acceptors (Lipinski definition) is 5. The summed E-state index contributed by atoms with van der Waals surface area (Å²) in [6, 6.07) is 14.6. The van der Waals surface area contributed by atoms with Crippen LogP contribution in [0.15, 0.2) is 53.1 Å². The van der Waals surface area contributed by atoms with Crippen LogP contribution < -0.4 is 0 Å². The number of aromatic nitrogens is 1. The SMILES string of the molecule is O=C(OCC(=O)N1CCCCC1)c1ccc2noc(-c3ccccc3)c2c1. The molecule has 6 heteroatoms. The Morgan fingerprint density at radius 3 is 2.59 bits per heavy atom. The van der Waals surface area contributed by atoms with Gasteiger partial charge >= 0.3 is 5.97 Å². The number of rotatable bonds is 4. The van der Waals surface area contributed by atoms with E-state index in [1.807, 2.05) is 30.3 Å². The first kappa shape index (κ1) is 17.3. The molecule has 1 amide bonds. The smallest absolute Gasteiger partial charge is 0.338 e. The molecule has 3 aromatic rings. The third kappa shape index (κ3) is 3.69. The second-order valence-electron chi connectivity index (χ2n) is 6.63. The fourth-order valence-corrected chi connectivity index (χ4v) is 3.31. The van der Waals surface area contributed by atoms with Crippen molar-refractivity contribution in [1.29, 1.82) is 0 Å². The van der Waals surface area contributed by atoms with Crippen LogP contribution in [0.4, 0.5) is 0 Å². The van der Waals surface area contributed by atoms with Gasteiger partial charge in [-0.05, 0) is 37.5 Å². The van der Waals surface area contributed by atoms with Crippen LogP contribution in [0.1, 0.15) is 29.6 Å². The maximum Gasteiger partial charge on any atom is 0.338 e. The Kier molecular flexibility index (Phi) is 4.87. The van der Waals surface area contributed by atoms with Crippen molar-refractivity contribution < 1.29 is 18.8 Å². The fraction of sp³-hybridized carbons (Fsp3) is 0.286. The first-order valence-electron chi connectivity index (χ1n) is 9.12. The molecule has 0 bridgehead atoms. The maximum atomic E-state index is 12.4. The molecule has 27 heavy (non-hydrogen) atoms. The van der Waals surface area contributed by atoms with Gasteiger partial charge in [0.25, 0.3) is 5.91 Å². The minimum Gasteiger partial charge on any atom is -0.452 e. The van der Waals surface area contributed by atoms with E-state index in [0.29, 0.717) is 16.8 Å². The van der Waals surface area contributed by atoms with Crippen molar-refractivity contribution in [3.63, 3.8) is 0 Å². The Balaban J connectivity index is 1.49. The summed E-state index contributed by atoms with van der Waals surface area (Å²) in [6.45, 7) is 1.25. The molecule has 6 nitrogen and oxygen atoms in total. The number of carbonyl (C=O) groups excluding carboxylic acids is 2. The van der Waals surface area contributed by atoms with E-state index in [2.05, 4.69) is 5.16 Å². The number of nitrogens with zero attached hydrogens (tertiary/aromatic N) is 2. The van der Waals surface area contributed by atoms with Crippen molar-refractivity contribution in [2.45, 2.75) is 19.3 Å². The highest BCUT2D eigenvalue weighted by atomic mass is 16.5. The summed E-state index contributed by atoms with van der Waals surface area (Å²) >= 11 is 0. The molecule has 138 valence electrons. The molecule has 1 aliphatic heterocycles. The average molecular weight is 364 g/mol. The normalized spacial score (nSPS) is 14.3. The Hall–Kier alpha value is -3.15. The molecule has 1 aliphatic rings. The van der Waals surface area contributed by atoms with E-state index in [0.717, 1.165) is 43.3 Å². The van der Waals surface area contributed by atoms with Crippen molar-refractivity contribution >= 4 is 22.8 Å². The van der Waals surface area contributed by atoms with Crippen molar-refractivity contribution in [1.82, 2.24) is 10.1 Å². The summed E-state index contributed by atoms with van der Waals surface area (Å²) in [5, 5.41) is 4.78. The molecule has 0 unspecified atom stereocenters. The van der Waals surface area contributed by atoms with Crippen molar-refractivity contribution in [2.24, 2.45) is 0 Å². The minimum atomic E-state index is -0.525. The number of hydrogen-bond donors (Lipinski definition) is 0. The highest BCUT2D eigenvalue weighted by Crippen LogP contribution is 2.29. The summed E-state index contributed by atoms with van der Waals surface area (Å²) in [6.07, 6.45) is 3.16. The standard InChI is InChI=1S/C21H20N2O4/c24-19(23-11-5-2-6-12-23)14-26-21(25)16-9-10-18-17(13-16)20(27-22-18)15-7-3-1-4-8-15/h1,3-4,7-10,13H,2,5-6,11-12,14H2. The Bertz CT molecular complexity index is 959. The summed E-state index contributed by atoms with van der Waals surface area (Å²) in [5.74, 6) is -0.0637. The highest BCUT2D eigenvalue weighted by Gasteiger charge is 2.19. The van der Waals surface area contributed by atoms with E-state index >= 15 is 0 Å². The van der Waals surface area contributed by atoms with Crippen LogP contribution in [-0.4, -0.2) is 41.6 Å². The molecular formula is C21H20N2O4. The quantitative estimate of drug-likeness (QED) is 0.661. The van der Waals surface area contributed by atoms with Gasteiger partial charge in [-0.15, -0.1) is 0 Å². The summed E-state index contributed by atoms with van der Waals surface area (Å²) in [5.41, 5.74) is 1.91. The van der Waals surface area contributed by atoms with Crippen molar-refractivity contribution in [3.05, 3.63) is 54.1 Å². The van der Waals surface area contributed by atoms with Crippen LogP contribution >= 0.6 is 0 Å². The van der Waals surface area contributed by atoms with Gasteiger partial charge in [-0.1, -0.05) is 35.5 Å². The zero-order valence-corrected chi connectivity index (χ0v) is 14.9. The molecule has 0 N–H and O–H groups in total. The lowest BCUT2D eigenvalue weighted by Gasteiger charge is -2.26. The zero-order chi connectivity index (χ0) is 18.6. The number of fused-ring (bicyclic) bond motifs is 1. The molecular weight excluding hydrogens is 344 g/mol. The molecule has 2 aromatic carbocycles. The van der Waals surface area contributed by atoms with Crippen molar-refractivity contribution in [3.8, 4) is 11.3 Å². The summed E-state index contributed by atoms with van der Waals surface area (Å²) in [4.78, 5) is 26.3. The second kappa shape index (κ2) is 7.61.